The van der Waals surface area contributed by atoms with E-state index in [4.69, 9.17) is 0 Å². The molecule has 0 bridgehead atoms. The van der Waals surface area contributed by atoms with Crippen molar-refractivity contribution in [2.45, 2.75) is 0 Å². The molecular formula is C11H8N2O3. The highest BCUT2D eigenvalue weighted by molar-refractivity contribution is 5.68. The van der Waals surface area contributed by atoms with Gasteiger partial charge in [0.25, 0.3) is 5.69 Å². The minimum absolute atomic E-state index is 0.0710. The van der Waals surface area contributed by atoms with Crippen LogP contribution in [0.2, 0.25) is 0 Å². The quantitative estimate of drug-likeness (QED) is 0.333. The van der Waals surface area contributed by atoms with E-state index in [2.05, 4.69) is 0 Å². The molecule has 2 aromatic rings. The van der Waals surface area contributed by atoms with E-state index in [1.807, 2.05) is 0 Å². The van der Waals surface area contributed by atoms with Crippen molar-refractivity contribution < 1.29 is 9.65 Å². The molecule has 0 saturated carbocycles. The molecule has 1 aromatic heterocycles. The zero-order valence-corrected chi connectivity index (χ0v) is 8.24. The van der Waals surface area contributed by atoms with Gasteiger partial charge in [0.2, 0.25) is 5.69 Å². The smallest absolute Gasteiger partial charge is 0.283 e. The Morgan fingerprint density at radius 2 is 1.75 bits per heavy atom. The van der Waals surface area contributed by atoms with Gasteiger partial charge < -0.3 is 5.21 Å². The number of nitro benzene ring substituents is 1. The fourth-order valence-corrected chi connectivity index (χ4v) is 1.49. The van der Waals surface area contributed by atoms with E-state index in [-0.39, 0.29) is 11.4 Å². The van der Waals surface area contributed by atoms with E-state index in [1.54, 1.807) is 36.4 Å². The molecule has 0 radical (unpaired) electrons. The molecule has 0 aliphatic carbocycles. The molecule has 1 aromatic carbocycles. The van der Waals surface area contributed by atoms with Gasteiger partial charge in [-0.2, -0.15) is 4.73 Å². The summed E-state index contributed by atoms with van der Waals surface area (Å²) in [5, 5.41) is 22.3. The molecule has 0 unspecified atom stereocenters. The highest BCUT2D eigenvalue weighted by Crippen LogP contribution is 2.26. The zero-order valence-electron chi connectivity index (χ0n) is 8.24. The summed E-state index contributed by atoms with van der Waals surface area (Å²) in [4.78, 5) is 10.3. The van der Waals surface area contributed by atoms with Crippen molar-refractivity contribution in [3.8, 4) is 11.3 Å². The predicted octanol–water partition coefficient (Wildman–Crippen LogP) is 1.90. The number of nitrogens with zero attached hydrogens (tertiary/aromatic N) is 2. The summed E-state index contributed by atoms with van der Waals surface area (Å²) in [6.07, 6.45) is 1.31. The first-order valence-corrected chi connectivity index (χ1v) is 4.62. The van der Waals surface area contributed by atoms with Crippen LogP contribution in [0.4, 0.5) is 5.69 Å². The molecule has 0 saturated heterocycles. The van der Waals surface area contributed by atoms with E-state index in [9.17, 15) is 15.3 Å². The molecule has 2 rings (SSSR count). The highest BCUT2D eigenvalue weighted by atomic mass is 16.6. The van der Waals surface area contributed by atoms with Crippen molar-refractivity contribution in [1.29, 1.82) is 0 Å². The summed E-state index contributed by atoms with van der Waals surface area (Å²) < 4.78 is 0.613. The van der Waals surface area contributed by atoms with Crippen LogP contribution in [-0.4, -0.2) is 4.92 Å². The molecule has 0 aliphatic rings. The Bertz CT molecular complexity index is 540. The summed E-state index contributed by atoms with van der Waals surface area (Å²) in [5.41, 5.74) is 0.524. The monoisotopic (exact) mass is 216 g/mol. The second kappa shape index (κ2) is 3.98. The number of benzene rings is 1. The lowest BCUT2D eigenvalue weighted by atomic mass is 10.1. The van der Waals surface area contributed by atoms with Crippen LogP contribution in [0.15, 0.2) is 48.7 Å². The van der Waals surface area contributed by atoms with Gasteiger partial charge in [0.05, 0.1) is 4.92 Å². The number of aromatic nitrogens is 1. The van der Waals surface area contributed by atoms with Crippen LogP contribution in [0.5, 0.6) is 0 Å². The topological polar surface area (TPSA) is 70.1 Å². The fourth-order valence-electron chi connectivity index (χ4n) is 1.49. The Morgan fingerprint density at radius 1 is 1.06 bits per heavy atom. The molecule has 0 atom stereocenters. The Balaban J connectivity index is 2.65. The molecule has 0 spiro atoms. The lowest BCUT2D eigenvalue weighted by Gasteiger charge is -2.03. The summed E-state index contributed by atoms with van der Waals surface area (Å²) >= 11 is 0. The number of nitro groups is 1. The van der Waals surface area contributed by atoms with Crippen LogP contribution < -0.4 is 4.73 Å². The van der Waals surface area contributed by atoms with Crippen LogP contribution in [0.1, 0.15) is 0 Å². The van der Waals surface area contributed by atoms with E-state index >= 15 is 0 Å². The minimum Gasteiger partial charge on any atom is -0.618 e. The third kappa shape index (κ3) is 1.70. The first-order valence-electron chi connectivity index (χ1n) is 4.62. The summed E-state index contributed by atoms with van der Waals surface area (Å²) in [6, 6.07) is 11.0. The molecule has 0 fully saturated rings. The van der Waals surface area contributed by atoms with E-state index in [0.29, 0.717) is 10.3 Å². The van der Waals surface area contributed by atoms with E-state index in [0.717, 1.165) is 0 Å². The van der Waals surface area contributed by atoms with Gasteiger partial charge in [0.1, 0.15) is 5.56 Å². The SMILES string of the molecule is O=[N+]([O-])c1ccccc1-c1cccc[n+]1[O-]. The summed E-state index contributed by atoms with van der Waals surface area (Å²) in [7, 11) is 0. The van der Waals surface area contributed by atoms with Crippen molar-refractivity contribution in [2.75, 3.05) is 0 Å². The van der Waals surface area contributed by atoms with Crippen molar-refractivity contribution in [3.05, 3.63) is 64.0 Å². The largest absolute Gasteiger partial charge is 0.618 e. The van der Waals surface area contributed by atoms with Crippen LogP contribution in [0.25, 0.3) is 11.3 Å². The maximum Gasteiger partial charge on any atom is 0.283 e. The fraction of sp³-hybridized carbons (Fsp3) is 0. The maximum atomic E-state index is 11.5. The summed E-state index contributed by atoms with van der Waals surface area (Å²) in [6.45, 7) is 0. The Kier molecular flexibility index (Phi) is 2.51. The Morgan fingerprint density at radius 3 is 2.44 bits per heavy atom. The number of rotatable bonds is 2. The van der Waals surface area contributed by atoms with Gasteiger partial charge in [0, 0.05) is 18.2 Å². The van der Waals surface area contributed by atoms with Crippen LogP contribution >= 0.6 is 0 Å². The molecule has 5 heteroatoms. The lowest BCUT2D eigenvalue weighted by Crippen LogP contribution is -2.28. The molecule has 5 nitrogen and oxygen atoms in total. The number of hydrogen-bond acceptors (Lipinski definition) is 3. The molecule has 0 N–H and O–H groups in total. The van der Waals surface area contributed by atoms with Gasteiger partial charge in [0.15, 0.2) is 6.20 Å². The Labute approximate surface area is 91.3 Å². The van der Waals surface area contributed by atoms with Crippen LogP contribution in [0, 0.1) is 15.3 Å². The van der Waals surface area contributed by atoms with Crippen molar-refractivity contribution in [3.63, 3.8) is 0 Å². The normalized spacial score (nSPS) is 10.0. The molecule has 16 heavy (non-hydrogen) atoms. The number of para-hydroxylation sites is 1. The first-order chi connectivity index (χ1) is 7.70. The van der Waals surface area contributed by atoms with Gasteiger partial charge in [-0.1, -0.05) is 12.1 Å². The molecule has 80 valence electrons. The second-order valence-electron chi connectivity index (χ2n) is 3.19. The van der Waals surface area contributed by atoms with E-state index in [1.165, 1.54) is 12.3 Å². The first kappa shape index (κ1) is 10.1. The molecular weight excluding hydrogens is 208 g/mol. The maximum absolute atomic E-state index is 11.5. The van der Waals surface area contributed by atoms with Crippen molar-refractivity contribution in [2.24, 2.45) is 0 Å². The van der Waals surface area contributed by atoms with Gasteiger partial charge in [-0.15, -0.1) is 0 Å². The number of pyridine rings is 1. The third-order valence-corrected chi connectivity index (χ3v) is 2.20. The van der Waals surface area contributed by atoms with Gasteiger partial charge in [-0.25, -0.2) is 0 Å². The molecule has 0 amide bonds. The summed E-state index contributed by atoms with van der Waals surface area (Å²) in [5.74, 6) is 0. The average Bonchev–Trinajstić information content (AvgIpc) is 2.29. The highest BCUT2D eigenvalue weighted by Gasteiger charge is 2.19. The van der Waals surface area contributed by atoms with Crippen LogP contribution in [-0.2, 0) is 0 Å². The standard InChI is InChI=1S/C11H8N2O3/c14-12-8-4-3-6-10(12)9-5-1-2-7-11(9)13(15)16/h1-8H. The average molecular weight is 216 g/mol. The van der Waals surface area contributed by atoms with E-state index < -0.39 is 4.92 Å². The minimum atomic E-state index is -0.498. The zero-order chi connectivity index (χ0) is 11.5. The van der Waals surface area contributed by atoms with Crippen molar-refractivity contribution >= 4 is 5.69 Å². The van der Waals surface area contributed by atoms with Gasteiger partial charge >= 0.3 is 0 Å². The number of hydrogen-bond donors (Lipinski definition) is 0. The molecule has 0 aliphatic heterocycles. The van der Waals surface area contributed by atoms with Crippen LogP contribution in [0.3, 0.4) is 0 Å². The Hall–Kier alpha value is -2.43. The van der Waals surface area contributed by atoms with Crippen molar-refractivity contribution in [1.82, 2.24) is 0 Å². The predicted molar refractivity (Wildman–Crippen MR) is 57.5 cm³/mol. The molecule has 1 heterocycles. The third-order valence-electron chi connectivity index (χ3n) is 2.20. The second-order valence-corrected chi connectivity index (χ2v) is 3.19. The van der Waals surface area contributed by atoms with Gasteiger partial charge in [-0.3, -0.25) is 10.1 Å². The van der Waals surface area contributed by atoms with Gasteiger partial charge in [-0.05, 0) is 12.1 Å². The lowest BCUT2D eigenvalue weighted by molar-refractivity contribution is -0.593.